The fourth-order valence-electron chi connectivity index (χ4n) is 3.96. The Hall–Kier alpha value is -1.30. The van der Waals surface area contributed by atoms with E-state index in [4.69, 9.17) is 9.47 Å². The zero-order chi connectivity index (χ0) is 18.7. The zero-order valence-corrected chi connectivity index (χ0v) is 16.0. The van der Waals surface area contributed by atoms with Gasteiger partial charge in [0.05, 0.1) is 18.1 Å². The predicted octanol–water partition coefficient (Wildman–Crippen LogP) is 3.12. The Labute approximate surface area is 150 Å². The maximum Gasteiger partial charge on any atom is 0.410 e. The lowest BCUT2D eigenvalue weighted by molar-refractivity contribution is -0.152. The third kappa shape index (κ3) is 5.33. The topological polar surface area (TPSA) is 76.1 Å². The molecule has 144 valence electrons. The Morgan fingerprint density at radius 1 is 1.20 bits per heavy atom. The van der Waals surface area contributed by atoms with Gasteiger partial charge in [-0.2, -0.15) is 0 Å². The van der Waals surface area contributed by atoms with Crippen LogP contribution in [0.2, 0.25) is 0 Å². The van der Waals surface area contributed by atoms with Gasteiger partial charge in [0.2, 0.25) is 0 Å². The fourth-order valence-corrected chi connectivity index (χ4v) is 3.96. The molecule has 2 fully saturated rings. The first-order chi connectivity index (χ1) is 11.6. The molecule has 1 aliphatic carbocycles. The second-order valence-corrected chi connectivity index (χ2v) is 8.38. The molecule has 0 bridgehead atoms. The average molecular weight is 355 g/mol. The van der Waals surface area contributed by atoms with E-state index in [1.807, 2.05) is 27.7 Å². The summed E-state index contributed by atoms with van der Waals surface area (Å²) in [6.07, 6.45) is 4.14. The summed E-state index contributed by atoms with van der Waals surface area (Å²) in [5, 5.41) is 11.1. The van der Waals surface area contributed by atoms with Crippen LogP contribution in [0, 0.1) is 11.8 Å². The molecule has 2 atom stereocenters. The van der Waals surface area contributed by atoms with Gasteiger partial charge in [-0.05, 0) is 65.7 Å². The molecule has 1 saturated carbocycles. The highest BCUT2D eigenvalue weighted by atomic mass is 16.6. The molecule has 0 aromatic carbocycles. The Morgan fingerprint density at radius 3 is 2.40 bits per heavy atom. The smallest absolute Gasteiger partial charge is 0.410 e. The van der Waals surface area contributed by atoms with Crippen molar-refractivity contribution in [3.8, 4) is 0 Å². The number of carbonyl (C=O) groups excluding carboxylic acids is 2. The quantitative estimate of drug-likeness (QED) is 0.787. The number of likely N-dealkylation sites (tertiary alicyclic amines) is 1. The summed E-state index contributed by atoms with van der Waals surface area (Å²) < 4.78 is 10.6. The molecular formula is C19H33NO5. The van der Waals surface area contributed by atoms with Crippen LogP contribution in [0.3, 0.4) is 0 Å². The van der Waals surface area contributed by atoms with Crippen LogP contribution >= 0.6 is 0 Å². The molecule has 1 aliphatic heterocycles. The number of ether oxygens (including phenoxy) is 2. The van der Waals surface area contributed by atoms with Crippen molar-refractivity contribution in [1.82, 2.24) is 4.90 Å². The van der Waals surface area contributed by atoms with Crippen molar-refractivity contribution in [3.63, 3.8) is 0 Å². The summed E-state index contributed by atoms with van der Waals surface area (Å²) in [7, 11) is 0. The first-order valence-corrected chi connectivity index (χ1v) is 9.51. The van der Waals surface area contributed by atoms with Crippen LogP contribution in [0.25, 0.3) is 0 Å². The van der Waals surface area contributed by atoms with Crippen LogP contribution in [-0.4, -0.2) is 53.0 Å². The summed E-state index contributed by atoms with van der Waals surface area (Å²) in [5.74, 6) is -0.148. The Bertz CT molecular complexity index is 477. The molecule has 0 aromatic rings. The third-order valence-corrected chi connectivity index (χ3v) is 5.34. The Morgan fingerprint density at radius 2 is 1.84 bits per heavy atom. The standard InChI is InChI=1S/C19H33NO5/c1-5-24-16(21)14-7-6-8-15(13-14)19(23)9-11-20(12-10-19)17(22)25-18(2,3)4/h14-15,23H,5-13H2,1-4H3/t14-,15+/m0/s1. The van der Waals surface area contributed by atoms with Crippen molar-refractivity contribution in [2.24, 2.45) is 11.8 Å². The van der Waals surface area contributed by atoms with E-state index < -0.39 is 11.2 Å². The molecule has 6 heteroatoms. The molecule has 6 nitrogen and oxygen atoms in total. The molecule has 0 unspecified atom stereocenters. The minimum absolute atomic E-state index is 0.0939. The minimum atomic E-state index is -0.802. The molecule has 1 N–H and O–H groups in total. The molecule has 0 radical (unpaired) electrons. The van der Waals surface area contributed by atoms with E-state index in [2.05, 4.69) is 0 Å². The number of piperidine rings is 1. The summed E-state index contributed by atoms with van der Waals surface area (Å²) in [6, 6.07) is 0. The maximum atomic E-state index is 12.2. The lowest BCUT2D eigenvalue weighted by Crippen LogP contribution is -2.52. The second kappa shape index (κ2) is 7.94. The number of aliphatic hydroxyl groups is 1. The fraction of sp³-hybridized carbons (Fsp3) is 0.895. The number of hydrogen-bond donors (Lipinski definition) is 1. The minimum Gasteiger partial charge on any atom is -0.466 e. The summed E-state index contributed by atoms with van der Waals surface area (Å²) in [5.41, 5.74) is -1.31. The second-order valence-electron chi connectivity index (χ2n) is 8.38. The van der Waals surface area contributed by atoms with E-state index in [9.17, 15) is 14.7 Å². The van der Waals surface area contributed by atoms with Gasteiger partial charge in [0, 0.05) is 13.1 Å². The number of nitrogens with zero attached hydrogens (tertiary/aromatic N) is 1. The first-order valence-electron chi connectivity index (χ1n) is 9.51. The van der Waals surface area contributed by atoms with Gasteiger partial charge in [0.25, 0.3) is 0 Å². The number of amides is 1. The van der Waals surface area contributed by atoms with Crippen molar-refractivity contribution in [1.29, 1.82) is 0 Å². The number of hydrogen-bond acceptors (Lipinski definition) is 5. The number of rotatable bonds is 3. The highest BCUT2D eigenvalue weighted by Gasteiger charge is 2.44. The first kappa shape index (κ1) is 20.0. The molecule has 1 saturated heterocycles. The lowest BCUT2D eigenvalue weighted by Gasteiger charge is -2.45. The van der Waals surface area contributed by atoms with E-state index in [-0.39, 0.29) is 23.9 Å². The van der Waals surface area contributed by atoms with Crippen molar-refractivity contribution >= 4 is 12.1 Å². The van der Waals surface area contributed by atoms with Crippen molar-refractivity contribution in [2.45, 2.75) is 77.4 Å². The molecule has 2 aliphatic rings. The molecule has 1 heterocycles. The van der Waals surface area contributed by atoms with Crippen molar-refractivity contribution < 1.29 is 24.2 Å². The van der Waals surface area contributed by atoms with Gasteiger partial charge in [-0.3, -0.25) is 4.79 Å². The van der Waals surface area contributed by atoms with E-state index in [1.165, 1.54) is 0 Å². The highest BCUT2D eigenvalue weighted by molar-refractivity contribution is 5.72. The summed E-state index contributed by atoms with van der Waals surface area (Å²) >= 11 is 0. The molecule has 1 amide bonds. The summed E-state index contributed by atoms with van der Waals surface area (Å²) in [6.45, 7) is 8.75. The zero-order valence-electron chi connectivity index (χ0n) is 16.0. The van der Waals surface area contributed by atoms with E-state index in [0.29, 0.717) is 39.0 Å². The Kier molecular flexibility index (Phi) is 6.35. The van der Waals surface area contributed by atoms with Crippen LogP contribution in [-0.2, 0) is 14.3 Å². The molecule has 2 rings (SSSR count). The van der Waals surface area contributed by atoms with Crippen LogP contribution in [0.5, 0.6) is 0 Å². The average Bonchev–Trinajstić information content (AvgIpc) is 2.54. The van der Waals surface area contributed by atoms with Crippen LogP contribution in [0.4, 0.5) is 4.79 Å². The van der Waals surface area contributed by atoms with Crippen LogP contribution < -0.4 is 0 Å². The van der Waals surface area contributed by atoms with Gasteiger partial charge >= 0.3 is 12.1 Å². The molecule has 25 heavy (non-hydrogen) atoms. The van der Waals surface area contributed by atoms with E-state index >= 15 is 0 Å². The largest absolute Gasteiger partial charge is 0.466 e. The SMILES string of the molecule is CCOC(=O)[C@H]1CCC[C@@H](C2(O)CCN(C(=O)OC(C)(C)C)CC2)C1. The van der Waals surface area contributed by atoms with Crippen LogP contribution in [0.15, 0.2) is 0 Å². The maximum absolute atomic E-state index is 12.2. The van der Waals surface area contributed by atoms with Gasteiger partial charge in [0.1, 0.15) is 5.60 Å². The highest BCUT2D eigenvalue weighted by Crippen LogP contribution is 2.41. The predicted molar refractivity (Wildman–Crippen MR) is 94.1 cm³/mol. The van der Waals surface area contributed by atoms with Gasteiger partial charge in [-0.25, -0.2) is 4.79 Å². The van der Waals surface area contributed by atoms with Crippen molar-refractivity contribution in [2.75, 3.05) is 19.7 Å². The van der Waals surface area contributed by atoms with E-state index in [0.717, 1.165) is 19.3 Å². The van der Waals surface area contributed by atoms with Gasteiger partial charge in [0.15, 0.2) is 0 Å². The molecule has 0 aromatic heterocycles. The molecular weight excluding hydrogens is 322 g/mol. The van der Waals surface area contributed by atoms with Gasteiger partial charge < -0.3 is 19.5 Å². The Balaban J connectivity index is 1.91. The third-order valence-electron chi connectivity index (χ3n) is 5.34. The van der Waals surface area contributed by atoms with Gasteiger partial charge in [-0.15, -0.1) is 0 Å². The van der Waals surface area contributed by atoms with E-state index in [1.54, 1.807) is 4.90 Å². The lowest BCUT2D eigenvalue weighted by atomic mass is 9.69. The number of esters is 1. The van der Waals surface area contributed by atoms with Crippen molar-refractivity contribution in [3.05, 3.63) is 0 Å². The summed E-state index contributed by atoms with van der Waals surface area (Å²) in [4.78, 5) is 25.9. The monoisotopic (exact) mass is 355 g/mol. The van der Waals surface area contributed by atoms with Gasteiger partial charge in [-0.1, -0.05) is 6.42 Å². The normalized spacial score (nSPS) is 26.8. The molecule has 0 spiro atoms. The van der Waals surface area contributed by atoms with Crippen LogP contribution in [0.1, 0.15) is 66.2 Å². The number of carbonyl (C=O) groups is 2.